The molecule has 0 spiro atoms. The van der Waals surface area contributed by atoms with Gasteiger partial charge in [-0.1, -0.05) is 6.08 Å². The van der Waals surface area contributed by atoms with E-state index in [0.29, 0.717) is 34.4 Å². The summed E-state index contributed by atoms with van der Waals surface area (Å²) in [6, 6.07) is 0. The fourth-order valence-corrected chi connectivity index (χ4v) is 3.86. The summed E-state index contributed by atoms with van der Waals surface area (Å²) in [5.74, 6) is 0.920. The van der Waals surface area contributed by atoms with Crippen LogP contribution in [-0.4, -0.2) is 40.4 Å². The van der Waals surface area contributed by atoms with E-state index in [4.69, 9.17) is 14.2 Å². The lowest BCUT2D eigenvalue weighted by atomic mass is 9.95. The van der Waals surface area contributed by atoms with Crippen molar-refractivity contribution in [2.24, 2.45) is 0 Å². The smallest absolute Gasteiger partial charge is 0.359 e. The Balaban J connectivity index is 1.72. The fraction of sp³-hybridized carbons (Fsp3) is 0.353. The van der Waals surface area contributed by atoms with Gasteiger partial charge in [-0.3, -0.25) is 4.79 Å². The van der Waals surface area contributed by atoms with Crippen LogP contribution in [0.3, 0.4) is 0 Å². The summed E-state index contributed by atoms with van der Waals surface area (Å²) in [4.78, 5) is 27.5. The molecule has 0 fully saturated rings. The van der Waals surface area contributed by atoms with Gasteiger partial charge in [0.1, 0.15) is 24.5 Å². The molecule has 1 atom stereocenters. The summed E-state index contributed by atoms with van der Waals surface area (Å²) in [5, 5.41) is 4.25. The van der Waals surface area contributed by atoms with Crippen LogP contribution in [0.1, 0.15) is 35.4 Å². The molecule has 136 valence electrons. The number of rotatable bonds is 3. The van der Waals surface area contributed by atoms with E-state index in [1.54, 1.807) is 13.1 Å². The number of carbonyl (C=O) groups is 1. The van der Waals surface area contributed by atoms with Crippen molar-refractivity contribution < 1.29 is 19.0 Å². The summed E-state index contributed by atoms with van der Waals surface area (Å²) in [6.07, 6.45) is 6.15. The van der Waals surface area contributed by atoms with Crippen LogP contribution in [0.2, 0.25) is 0 Å². The minimum absolute atomic E-state index is 0.0690. The van der Waals surface area contributed by atoms with Crippen LogP contribution in [0.15, 0.2) is 34.7 Å². The van der Waals surface area contributed by atoms with Gasteiger partial charge in [0.15, 0.2) is 11.5 Å². The zero-order valence-corrected chi connectivity index (χ0v) is 16.1. The highest BCUT2D eigenvalue weighted by atomic mass is 127. The third kappa shape index (κ3) is 2.89. The van der Waals surface area contributed by atoms with Crippen molar-refractivity contribution >= 4 is 34.1 Å². The van der Waals surface area contributed by atoms with Crippen LogP contribution in [0.4, 0.5) is 0 Å². The van der Waals surface area contributed by atoms with E-state index in [1.165, 1.54) is 4.52 Å². The van der Waals surface area contributed by atoms with Crippen molar-refractivity contribution in [1.29, 1.82) is 0 Å². The van der Waals surface area contributed by atoms with E-state index >= 15 is 0 Å². The first-order valence-corrected chi connectivity index (χ1v) is 9.31. The van der Waals surface area contributed by atoms with E-state index < -0.39 is 5.97 Å². The summed E-state index contributed by atoms with van der Waals surface area (Å²) >= 11 is 1.94. The highest BCUT2D eigenvalue weighted by Crippen LogP contribution is 2.33. The van der Waals surface area contributed by atoms with Crippen LogP contribution in [0.5, 0.6) is 0 Å². The topological polar surface area (TPSA) is 94.9 Å². The Kier molecular flexibility index (Phi) is 4.47. The highest BCUT2D eigenvalue weighted by molar-refractivity contribution is 14.1. The van der Waals surface area contributed by atoms with E-state index in [9.17, 15) is 9.59 Å². The van der Waals surface area contributed by atoms with Gasteiger partial charge < -0.3 is 19.2 Å². The molecule has 8 nitrogen and oxygen atoms in total. The Morgan fingerprint density at radius 3 is 3.08 bits per heavy atom. The SMILES string of the molecule is CCOC(=O)c1nn2cc(C3C=CC4=C(C3)OCCO4)[nH]c(=O)c2c1I. The number of hydrogen-bond donors (Lipinski definition) is 1. The van der Waals surface area contributed by atoms with Gasteiger partial charge in [0.25, 0.3) is 5.56 Å². The van der Waals surface area contributed by atoms with Gasteiger partial charge in [0.2, 0.25) is 0 Å². The average Bonchev–Trinajstić information content (AvgIpc) is 2.98. The molecule has 1 N–H and O–H groups in total. The summed E-state index contributed by atoms with van der Waals surface area (Å²) < 4.78 is 18.1. The number of hydrogen-bond acceptors (Lipinski definition) is 6. The fourth-order valence-electron chi connectivity index (χ4n) is 3.04. The molecule has 1 unspecified atom stereocenters. The molecular weight excluding hydrogens is 453 g/mol. The number of carbonyl (C=O) groups excluding carboxylic acids is 1. The van der Waals surface area contributed by atoms with Crippen molar-refractivity contribution in [3.63, 3.8) is 0 Å². The molecule has 0 amide bonds. The quantitative estimate of drug-likeness (QED) is 0.547. The minimum Gasteiger partial charge on any atom is -0.490 e. The highest BCUT2D eigenvalue weighted by Gasteiger charge is 2.26. The second-order valence-corrected chi connectivity index (χ2v) is 6.95. The maximum absolute atomic E-state index is 12.6. The van der Waals surface area contributed by atoms with E-state index in [0.717, 1.165) is 11.5 Å². The molecule has 9 heteroatoms. The van der Waals surface area contributed by atoms with Crippen molar-refractivity contribution in [3.05, 3.63) is 55.2 Å². The molecule has 3 heterocycles. The molecule has 0 saturated heterocycles. The van der Waals surface area contributed by atoms with Gasteiger partial charge in [-0.2, -0.15) is 5.10 Å². The average molecular weight is 469 g/mol. The maximum Gasteiger partial charge on any atom is 0.359 e. The van der Waals surface area contributed by atoms with Crippen LogP contribution in [0.25, 0.3) is 5.52 Å². The predicted molar refractivity (Wildman–Crippen MR) is 99.9 cm³/mol. The number of nitrogens with one attached hydrogen (secondary N) is 1. The number of allylic oxidation sites excluding steroid dienone is 3. The number of esters is 1. The largest absolute Gasteiger partial charge is 0.490 e. The third-order valence-corrected chi connectivity index (χ3v) is 5.25. The zero-order chi connectivity index (χ0) is 18.3. The second kappa shape index (κ2) is 6.78. The van der Waals surface area contributed by atoms with Crippen LogP contribution in [0, 0.1) is 3.57 Å². The molecule has 26 heavy (non-hydrogen) atoms. The van der Waals surface area contributed by atoms with Gasteiger partial charge in [-0.25, -0.2) is 9.31 Å². The van der Waals surface area contributed by atoms with Gasteiger partial charge in [0, 0.05) is 24.2 Å². The second-order valence-electron chi connectivity index (χ2n) is 5.87. The molecular formula is C17H16IN3O5. The first-order valence-electron chi connectivity index (χ1n) is 8.23. The normalized spacial score (nSPS) is 19.1. The number of H-pyrrole nitrogens is 1. The minimum atomic E-state index is -0.540. The lowest BCUT2D eigenvalue weighted by molar-refractivity contribution is 0.0518. The molecule has 0 bridgehead atoms. The molecule has 2 aromatic heterocycles. The van der Waals surface area contributed by atoms with Crippen molar-refractivity contribution in [1.82, 2.24) is 14.6 Å². The number of aromatic nitrogens is 3. The van der Waals surface area contributed by atoms with Gasteiger partial charge >= 0.3 is 5.97 Å². The van der Waals surface area contributed by atoms with Crippen LogP contribution in [-0.2, 0) is 14.2 Å². The zero-order valence-electron chi connectivity index (χ0n) is 14.0. The molecule has 4 rings (SSSR count). The predicted octanol–water partition coefficient (Wildman–Crippen LogP) is 2.11. The summed E-state index contributed by atoms with van der Waals surface area (Å²) in [6.45, 7) is 3.03. The Bertz CT molecular complexity index is 1000. The van der Waals surface area contributed by atoms with Gasteiger partial charge in [0.05, 0.1) is 10.2 Å². The Morgan fingerprint density at radius 1 is 1.46 bits per heavy atom. The number of ether oxygens (including phenoxy) is 3. The molecule has 2 aliphatic rings. The molecule has 0 saturated carbocycles. The van der Waals surface area contributed by atoms with E-state index in [1.807, 2.05) is 34.7 Å². The van der Waals surface area contributed by atoms with Crippen LogP contribution < -0.4 is 5.56 Å². The molecule has 2 aromatic rings. The number of nitrogens with zero attached hydrogens (tertiary/aromatic N) is 2. The number of aromatic amines is 1. The molecule has 1 aliphatic heterocycles. The Morgan fingerprint density at radius 2 is 2.27 bits per heavy atom. The first kappa shape index (κ1) is 17.1. The van der Waals surface area contributed by atoms with E-state index in [2.05, 4.69) is 10.1 Å². The lowest BCUT2D eigenvalue weighted by Gasteiger charge is -2.26. The first-order chi connectivity index (χ1) is 12.6. The summed E-state index contributed by atoms with van der Waals surface area (Å²) in [5.41, 5.74) is 0.857. The monoisotopic (exact) mass is 469 g/mol. The Labute approximate surface area is 162 Å². The molecule has 0 aromatic carbocycles. The lowest BCUT2D eigenvalue weighted by Crippen LogP contribution is -2.20. The summed E-state index contributed by atoms with van der Waals surface area (Å²) in [7, 11) is 0. The number of fused-ring (bicyclic) bond motifs is 1. The van der Waals surface area contributed by atoms with Crippen LogP contribution >= 0.6 is 22.6 Å². The maximum atomic E-state index is 12.6. The standard InChI is InChI=1S/C17H16IN3O5/c1-2-24-17(23)14-13(18)15-16(22)19-10(8-21(15)20-14)9-3-4-11-12(7-9)26-6-5-25-11/h3-4,8-9H,2,5-7H2,1H3,(H,19,22). The van der Waals surface area contributed by atoms with Crippen molar-refractivity contribution in [3.8, 4) is 0 Å². The van der Waals surface area contributed by atoms with E-state index in [-0.39, 0.29) is 23.8 Å². The third-order valence-electron chi connectivity index (χ3n) is 4.23. The van der Waals surface area contributed by atoms with Crippen molar-refractivity contribution in [2.75, 3.05) is 19.8 Å². The van der Waals surface area contributed by atoms with Gasteiger partial charge in [-0.15, -0.1) is 0 Å². The molecule has 1 aliphatic carbocycles. The number of halogens is 1. The van der Waals surface area contributed by atoms with Gasteiger partial charge in [-0.05, 0) is 35.6 Å². The van der Waals surface area contributed by atoms with Crippen molar-refractivity contribution in [2.45, 2.75) is 19.3 Å². The molecule has 0 radical (unpaired) electrons. The Hall–Kier alpha value is -2.30.